The van der Waals surface area contributed by atoms with Crippen LogP contribution in [-0.4, -0.2) is 28.9 Å². The molecule has 1 fully saturated rings. The molecule has 1 saturated heterocycles. The van der Waals surface area contributed by atoms with Crippen LogP contribution in [0.15, 0.2) is 59.2 Å². The summed E-state index contributed by atoms with van der Waals surface area (Å²) in [6.07, 6.45) is 5.88. The normalized spacial score (nSPS) is 15.5. The van der Waals surface area contributed by atoms with Crippen molar-refractivity contribution in [2.24, 2.45) is 11.1 Å². The van der Waals surface area contributed by atoms with Gasteiger partial charge in [0, 0.05) is 34.7 Å². The number of nitrogens with one attached hydrogen (secondary N) is 1. The number of aromatic nitrogens is 1. The number of amides is 1. The summed E-state index contributed by atoms with van der Waals surface area (Å²) in [5.41, 5.74) is 3.51. The predicted molar refractivity (Wildman–Crippen MR) is 132 cm³/mol. The van der Waals surface area contributed by atoms with Gasteiger partial charge in [0.2, 0.25) is 5.91 Å². The van der Waals surface area contributed by atoms with Gasteiger partial charge in [0.25, 0.3) is 0 Å². The van der Waals surface area contributed by atoms with Crippen LogP contribution in [0.3, 0.4) is 0 Å². The maximum Gasteiger partial charge on any atom is 0.230 e. The lowest BCUT2D eigenvalue weighted by Crippen LogP contribution is -2.40. The van der Waals surface area contributed by atoms with E-state index in [4.69, 9.17) is 0 Å². The third kappa shape index (κ3) is 5.29. The van der Waals surface area contributed by atoms with Gasteiger partial charge in [0.05, 0.1) is 5.92 Å². The lowest BCUT2D eigenvalue weighted by Gasteiger charge is -2.33. The van der Waals surface area contributed by atoms with Crippen LogP contribution in [0.2, 0.25) is 0 Å². The molecule has 1 aliphatic heterocycles. The van der Waals surface area contributed by atoms with Gasteiger partial charge in [-0.15, -0.1) is 12.8 Å². The van der Waals surface area contributed by atoms with Crippen LogP contribution < -0.4 is 5.14 Å². The van der Waals surface area contributed by atoms with E-state index in [9.17, 15) is 4.79 Å². The number of aromatic amines is 1. The Labute approximate surface area is 192 Å². The fourth-order valence-electron chi connectivity index (χ4n) is 4.28. The van der Waals surface area contributed by atoms with E-state index in [2.05, 4.69) is 93.2 Å². The van der Waals surface area contributed by atoms with E-state index in [1.54, 1.807) is 0 Å². The predicted octanol–water partition coefficient (Wildman–Crippen LogP) is 5.70. The van der Waals surface area contributed by atoms with Gasteiger partial charge in [-0.3, -0.25) is 9.93 Å². The molecule has 2 aromatic carbocycles. The summed E-state index contributed by atoms with van der Waals surface area (Å²) in [6, 6.07) is 16.7. The molecule has 4 rings (SSSR count). The van der Waals surface area contributed by atoms with Gasteiger partial charge in [-0.25, -0.2) is 0 Å². The number of benzene rings is 2. The van der Waals surface area contributed by atoms with Gasteiger partial charge in [-0.2, -0.15) is 0 Å². The fourth-order valence-corrected chi connectivity index (χ4v) is 4.76. The molecule has 1 aromatic heterocycles. The minimum Gasteiger partial charge on any atom is -0.361 e. The van der Waals surface area contributed by atoms with E-state index < -0.39 is 0 Å². The molecule has 1 aliphatic rings. The molecule has 0 radical (unpaired) electrons. The van der Waals surface area contributed by atoms with Gasteiger partial charge < -0.3 is 9.88 Å². The average molecular weight is 488 g/mol. The smallest absolute Gasteiger partial charge is 0.230 e. The Kier molecular flexibility index (Phi) is 8.42. The second-order valence-electron chi connectivity index (χ2n) is 7.98. The van der Waals surface area contributed by atoms with E-state index in [0.717, 1.165) is 60.2 Å². The molecule has 0 aliphatic carbocycles. The zero-order chi connectivity index (χ0) is 21.5. The van der Waals surface area contributed by atoms with Crippen LogP contribution in [0.5, 0.6) is 0 Å². The molecule has 0 bridgehead atoms. The lowest BCUT2D eigenvalue weighted by molar-refractivity contribution is -0.134. The highest BCUT2D eigenvalue weighted by Gasteiger charge is 2.29. The maximum absolute atomic E-state index is 13.6. The van der Waals surface area contributed by atoms with Crippen molar-refractivity contribution in [1.82, 2.24) is 9.88 Å². The first-order valence-corrected chi connectivity index (χ1v) is 11.8. The number of rotatable bonds is 5. The van der Waals surface area contributed by atoms with E-state index in [-0.39, 0.29) is 11.8 Å². The van der Waals surface area contributed by atoms with Gasteiger partial charge >= 0.3 is 0 Å². The first-order valence-electron chi connectivity index (χ1n) is 10.5. The van der Waals surface area contributed by atoms with Crippen molar-refractivity contribution < 1.29 is 4.79 Å². The summed E-state index contributed by atoms with van der Waals surface area (Å²) in [5, 5.41) is 5.36. The third-order valence-electron chi connectivity index (χ3n) is 6.06. The topological polar surface area (TPSA) is 62.1 Å². The summed E-state index contributed by atoms with van der Waals surface area (Å²) < 4.78 is 1.12. The zero-order valence-electron chi connectivity index (χ0n) is 17.4. The number of fused-ring (bicyclic) bond motifs is 1. The van der Waals surface area contributed by atoms with E-state index in [0.29, 0.717) is 0 Å². The van der Waals surface area contributed by atoms with Crippen molar-refractivity contribution in [3.8, 4) is 0 Å². The Morgan fingerprint density at radius 1 is 1.17 bits per heavy atom. The quantitative estimate of drug-likeness (QED) is 0.404. The number of hydrogen-bond acceptors (Lipinski definition) is 3. The number of likely N-dealkylation sites (tertiary alicyclic amines) is 1. The first-order chi connectivity index (χ1) is 14.6. The molecule has 160 valence electrons. The van der Waals surface area contributed by atoms with Gasteiger partial charge in [0.15, 0.2) is 0 Å². The number of carbonyl (C=O) groups excluding carboxylic acids is 1. The maximum atomic E-state index is 13.6. The van der Waals surface area contributed by atoms with Crippen molar-refractivity contribution in [2.45, 2.75) is 38.5 Å². The van der Waals surface area contributed by atoms with E-state index in [1.165, 1.54) is 10.9 Å². The third-order valence-corrected chi connectivity index (χ3v) is 6.83. The number of carbonyl (C=O) groups is 1. The molecule has 0 saturated carbocycles. The number of thiol groups is 1. The number of halogens is 1. The van der Waals surface area contributed by atoms with E-state index >= 15 is 0 Å². The summed E-state index contributed by atoms with van der Waals surface area (Å²) in [5.74, 6) is 0.892. The summed E-state index contributed by atoms with van der Waals surface area (Å²) >= 11 is 6.68. The van der Waals surface area contributed by atoms with Gasteiger partial charge in [-0.1, -0.05) is 53.2 Å². The monoisotopic (exact) mass is 487 g/mol. The van der Waals surface area contributed by atoms with Crippen LogP contribution in [0.25, 0.3) is 10.9 Å². The molecule has 1 unspecified atom stereocenters. The minimum atomic E-state index is -0.111. The standard InChI is InChI=1S/C24H27BrN2O.H3NS/c1-17-12-15-27(16-13-17)24(28)21(10-9-18-5-2-3-7-22(18)25)19-6-4-8-23-20(19)11-14-26-23;1-2/h2-8,11,14,17,21,26H,9-10,12-13,15-16H2,1H3;2H,1H2. The highest BCUT2D eigenvalue weighted by Crippen LogP contribution is 2.32. The van der Waals surface area contributed by atoms with Crippen molar-refractivity contribution in [3.05, 3.63) is 70.3 Å². The number of nitrogens with two attached hydrogens (primary N) is 1. The van der Waals surface area contributed by atoms with E-state index in [1.807, 2.05) is 12.3 Å². The lowest BCUT2D eigenvalue weighted by atomic mass is 9.88. The Balaban J connectivity index is 0.00000124. The Morgan fingerprint density at radius 2 is 1.90 bits per heavy atom. The summed E-state index contributed by atoms with van der Waals surface area (Å²) in [6.45, 7) is 4.05. The second-order valence-corrected chi connectivity index (χ2v) is 8.83. The van der Waals surface area contributed by atoms with Crippen LogP contribution >= 0.6 is 28.7 Å². The number of H-pyrrole nitrogens is 1. The molecule has 6 heteroatoms. The molecule has 3 aromatic rings. The molecular formula is C24H30BrN3OS. The first kappa shape index (κ1) is 22.9. The molecule has 2 heterocycles. The number of piperidine rings is 1. The van der Waals surface area contributed by atoms with Crippen LogP contribution in [-0.2, 0) is 11.2 Å². The molecule has 4 nitrogen and oxygen atoms in total. The van der Waals surface area contributed by atoms with Crippen LogP contribution in [0.4, 0.5) is 0 Å². The Hall–Kier alpha value is -1.76. The molecule has 0 spiro atoms. The Morgan fingerprint density at radius 3 is 2.63 bits per heavy atom. The molecule has 30 heavy (non-hydrogen) atoms. The molecule has 3 N–H and O–H groups in total. The zero-order valence-corrected chi connectivity index (χ0v) is 19.8. The Bertz CT molecular complexity index is 966. The number of hydrogen-bond donors (Lipinski definition) is 3. The minimum absolute atomic E-state index is 0.111. The van der Waals surface area contributed by atoms with Crippen molar-refractivity contribution in [1.29, 1.82) is 0 Å². The van der Waals surface area contributed by atoms with Crippen LogP contribution in [0.1, 0.15) is 43.2 Å². The molecule has 1 amide bonds. The van der Waals surface area contributed by atoms with Crippen molar-refractivity contribution in [3.63, 3.8) is 0 Å². The number of nitrogens with zero attached hydrogens (tertiary/aromatic N) is 1. The fraction of sp³-hybridized carbons (Fsp3) is 0.375. The van der Waals surface area contributed by atoms with Crippen molar-refractivity contribution >= 4 is 45.6 Å². The largest absolute Gasteiger partial charge is 0.361 e. The van der Waals surface area contributed by atoms with Crippen molar-refractivity contribution in [2.75, 3.05) is 13.1 Å². The SMILES string of the molecule is CC1CCN(C(=O)C(CCc2ccccc2Br)c2cccc3[nH]ccc23)CC1.NS. The highest BCUT2D eigenvalue weighted by atomic mass is 79.9. The second kappa shape index (κ2) is 11.0. The van der Waals surface area contributed by atoms with Crippen LogP contribution in [0, 0.1) is 5.92 Å². The van der Waals surface area contributed by atoms with Gasteiger partial charge in [-0.05, 0) is 60.9 Å². The van der Waals surface area contributed by atoms with Gasteiger partial charge in [0.1, 0.15) is 0 Å². The number of aryl methyl sites for hydroxylation is 1. The molecular weight excluding hydrogens is 458 g/mol. The molecule has 1 atom stereocenters. The highest BCUT2D eigenvalue weighted by molar-refractivity contribution is 9.10. The average Bonchev–Trinajstić information content (AvgIpc) is 3.26. The summed E-state index contributed by atoms with van der Waals surface area (Å²) in [7, 11) is 0. The summed E-state index contributed by atoms with van der Waals surface area (Å²) in [4.78, 5) is 19.0.